The molecule has 7 heteroatoms. The minimum Gasteiger partial charge on any atom is -0.481 e. The van der Waals surface area contributed by atoms with Crippen molar-refractivity contribution in [2.45, 2.75) is 5.79 Å². The van der Waals surface area contributed by atoms with E-state index in [1.807, 2.05) is 0 Å². The Kier molecular flexibility index (Phi) is 2.36. The van der Waals surface area contributed by atoms with Crippen LogP contribution in [0.25, 0.3) is 0 Å². The maximum Gasteiger partial charge on any atom is 0.315 e. The van der Waals surface area contributed by atoms with Crippen molar-refractivity contribution >= 4 is 5.97 Å². The van der Waals surface area contributed by atoms with Crippen molar-refractivity contribution in [3.05, 3.63) is 23.6 Å². The lowest BCUT2D eigenvalue weighted by molar-refractivity contribution is -0.144. The third-order valence-corrected chi connectivity index (χ3v) is 1.77. The average molecular weight is 211 g/mol. The van der Waals surface area contributed by atoms with Crippen molar-refractivity contribution in [1.82, 2.24) is 0 Å². The van der Waals surface area contributed by atoms with Gasteiger partial charge in [0.25, 0.3) is 0 Å². The SMILES string of the molecule is NC1(F)C(F)=C(F)C(F)=CC1C(=O)O. The number of halogens is 4. The van der Waals surface area contributed by atoms with Gasteiger partial charge in [-0.1, -0.05) is 0 Å². The van der Waals surface area contributed by atoms with Crippen LogP contribution in [-0.4, -0.2) is 16.9 Å². The van der Waals surface area contributed by atoms with Crippen LogP contribution in [0.4, 0.5) is 17.6 Å². The number of carboxylic acids is 1. The second-order valence-electron chi connectivity index (χ2n) is 2.73. The van der Waals surface area contributed by atoms with Crippen LogP contribution in [0.5, 0.6) is 0 Å². The topological polar surface area (TPSA) is 63.3 Å². The van der Waals surface area contributed by atoms with Crippen LogP contribution >= 0.6 is 0 Å². The molecule has 0 aromatic heterocycles. The van der Waals surface area contributed by atoms with Crippen molar-refractivity contribution < 1.29 is 27.5 Å². The zero-order chi connectivity index (χ0) is 11.1. The first-order chi connectivity index (χ1) is 6.28. The van der Waals surface area contributed by atoms with Crippen LogP contribution in [0.1, 0.15) is 0 Å². The van der Waals surface area contributed by atoms with E-state index in [1.165, 1.54) is 0 Å². The highest BCUT2D eigenvalue weighted by molar-refractivity contribution is 5.75. The Morgan fingerprint density at radius 3 is 2.43 bits per heavy atom. The van der Waals surface area contributed by atoms with Gasteiger partial charge in [0.1, 0.15) is 5.92 Å². The van der Waals surface area contributed by atoms with Crippen LogP contribution in [-0.2, 0) is 4.79 Å². The molecule has 1 rings (SSSR count). The summed E-state index contributed by atoms with van der Waals surface area (Å²) in [5, 5.41) is 8.35. The number of nitrogens with two attached hydrogens (primary N) is 1. The van der Waals surface area contributed by atoms with Gasteiger partial charge in [-0.3, -0.25) is 10.5 Å². The van der Waals surface area contributed by atoms with Crippen LogP contribution in [0, 0.1) is 5.92 Å². The van der Waals surface area contributed by atoms with Crippen molar-refractivity contribution in [1.29, 1.82) is 0 Å². The Morgan fingerprint density at radius 2 is 2.00 bits per heavy atom. The fourth-order valence-electron chi connectivity index (χ4n) is 1.00. The predicted molar refractivity (Wildman–Crippen MR) is 37.6 cm³/mol. The average Bonchev–Trinajstić information content (AvgIpc) is 2.08. The van der Waals surface area contributed by atoms with Crippen molar-refractivity contribution in [2.24, 2.45) is 11.7 Å². The number of rotatable bonds is 1. The molecule has 0 saturated carbocycles. The normalized spacial score (nSPS) is 32.9. The molecule has 0 spiro atoms. The molecule has 3 N–H and O–H groups in total. The van der Waals surface area contributed by atoms with Crippen LogP contribution in [0.2, 0.25) is 0 Å². The molecule has 0 aliphatic heterocycles. The summed E-state index contributed by atoms with van der Waals surface area (Å²) in [6.45, 7) is 0. The summed E-state index contributed by atoms with van der Waals surface area (Å²) in [6.07, 6.45) is 0.0841. The van der Waals surface area contributed by atoms with E-state index >= 15 is 0 Å². The molecule has 14 heavy (non-hydrogen) atoms. The predicted octanol–water partition coefficient (Wildman–Crippen LogP) is 1.33. The molecule has 1 aliphatic carbocycles. The van der Waals surface area contributed by atoms with E-state index in [1.54, 1.807) is 0 Å². The first kappa shape index (κ1) is 10.7. The molecule has 0 aromatic carbocycles. The Bertz CT molecular complexity index is 348. The van der Waals surface area contributed by atoms with Crippen molar-refractivity contribution in [3.8, 4) is 0 Å². The maximum absolute atomic E-state index is 13.1. The highest BCUT2D eigenvalue weighted by Crippen LogP contribution is 2.38. The number of aliphatic carboxylic acids is 1. The van der Waals surface area contributed by atoms with Gasteiger partial charge in [-0.15, -0.1) is 0 Å². The van der Waals surface area contributed by atoms with E-state index in [0.717, 1.165) is 0 Å². The number of alkyl halides is 1. The maximum atomic E-state index is 13.1. The molecular formula is C7H5F4NO2. The van der Waals surface area contributed by atoms with Crippen molar-refractivity contribution in [2.75, 3.05) is 0 Å². The van der Waals surface area contributed by atoms with Gasteiger partial charge in [-0.05, 0) is 6.08 Å². The smallest absolute Gasteiger partial charge is 0.315 e. The molecule has 2 unspecified atom stereocenters. The summed E-state index contributed by atoms with van der Waals surface area (Å²) >= 11 is 0. The zero-order valence-corrected chi connectivity index (χ0v) is 6.60. The Morgan fingerprint density at radius 1 is 1.50 bits per heavy atom. The van der Waals surface area contributed by atoms with Gasteiger partial charge in [-0.25, -0.2) is 17.6 Å². The Labute approximate surface area is 75.5 Å². The second-order valence-corrected chi connectivity index (χ2v) is 2.73. The van der Waals surface area contributed by atoms with Gasteiger partial charge in [0.15, 0.2) is 17.5 Å². The number of carboxylic acid groups (broad SMARTS) is 1. The largest absolute Gasteiger partial charge is 0.481 e. The molecule has 0 fully saturated rings. The lowest BCUT2D eigenvalue weighted by atomic mass is 9.91. The summed E-state index contributed by atoms with van der Waals surface area (Å²) in [7, 11) is 0. The molecule has 0 heterocycles. The first-order valence-electron chi connectivity index (χ1n) is 3.42. The number of hydrogen-bond acceptors (Lipinski definition) is 2. The first-order valence-corrected chi connectivity index (χ1v) is 3.42. The van der Waals surface area contributed by atoms with Crippen LogP contribution in [0.3, 0.4) is 0 Å². The summed E-state index contributed by atoms with van der Waals surface area (Å²) in [6, 6.07) is 0. The minimum atomic E-state index is -3.55. The van der Waals surface area contributed by atoms with Gasteiger partial charge < -0.3 is 5.11 Å². The lowest BCUT2D eigenvalue weighted by Gasteiger charge is -2.26. The Hall–Kier alpha value is -1.37. The van der Waals surface area contributed by atoms with E-state index < -0.39 is 35.2 Å². The highest BCUT2D eigenvalue weighted by Gasteiger charge is 2.49. The fraction of sp³-hybridized carbons (Fsp3) is 0.286. The van der Waals surface area contributed by atoms with E-state index in [9.17, 15) is 22.4 Å². The summed E-state index contributed by atoms with van der Waals surface area (Å²) in [5.74, 6) is -13.8. The molecule has 2 atom stereocenters. The standard InChI is InChI=1S/C7H5F4NO2/c8-3-1-2(6(13)14)7(11,12)5(10)4(3)9/h1-2H,12H2,(H,13,14). The summed E-state index contributed by atoms with van der Waals surface area (Å²) in [5.41, 5.74) is 4.59. The monoisotopic (exact) mass is 211 g/mol. The fourth-order valence-corrected chi connectivity index (χ4v) is 1.00. The number of hydrogen-bond donors (Lipinski definition) is 2. The number of allylic oxidation sites excluding steroid dienone is 2. The molecule has 78 valence electrons. The number of carbonyl (C=O) groups is 1. The molecule has 0 aromatic rings. The highest BCUT2D eigenvalue weighted by atomic mass is 19.2. The Balaban J connectivity index is 3.25. The second kappa shape index (κ2) is 3.09. The quantitative estimate of drug-likeness (QED) is 0.508. The van der Waals surface area contributed by atoms with Gasteiger partial charge in [0.05, 0.1) is 0 Å². The van der Waals surface area contributed by atoms with Crippen molar-refractivity contribution in [3.63, 3.8) is 0 Å². The van der Waals surface area contributed by atoms with E-state index in [4.69, 9.17) is 5.11 Å². The summed E-state index contributed by atoms with van der Waals surface area (Å²) in [4.78, 5) is 10.3. The molecule has 0 bridgehead atoms. The van der Waals surface area contributed by atoms with Gasteiger partial charge in [0.2, 0.25) is 5.79 Å². The molecule has 0 amide bonds. The van der Waals surface area contributed by atoms with Gasteiger partial charge in [-0.2, -0.15) is 0 Å². The molecular weight excluding hydrogens is 206 g/mol. The van der Waals surface area contributed by atoms with Gasteiger partial charge >= 0.3 is 5.97 Å². The van der Waals surface area contributed by atoms with Crippen LogP contribution in [0.15, 0.2) is 23.6 Å². The van der Waals surface area contributed by atoms with E-state index in [2.05, 4.69) is 5.73 Å². The van der Waals surface area contributed by atoms with E-state index in [0.29, 0.717) is 0 Å². The van der Waals surface area contributed by atoms with E-state index in [-0.39, 0.29) is 6.08 Å². The molecule has 1 aliphatic rings. The minimum absolute atomic E-state index is 0.0841. The summed E-state index contributed by atoms with van der Waals surface area (Å²) < 4.78 is 50.7. The lowest BCUT2D eigenvalue weighted by Crippen LogP contribution is -2.48. The zero-order valence-electron chi connectivity index (χ0n) is 6.60. The molecule has 3 nitrogen and oxygen atoms in total. The third-order valence-electron chi connectivity index (χ3n) is 1.77. The molecule has 0 saturated heterocycles. The van der Waals surface area contributed by atoms with Gasteiger partial charge in [0, 0.05) is 0 Å². The van der Waals surface area contributed by atoms with Crippen LogP contribution < -0.4 is 5.73 Å². The molecule has 0 radical (unpaired) electrons. The third kappa shape index (κ3) is 1.39.